The molecule has 1 aromatic carbocycles. The van der Waals surface area contributed by atoms with Crippen LogP contribution in [0.4, 0.5) is 0 Å². The van der Waals surface area contributed by atoms with Gasteiger partial charge in [-0.15, -0.1) is 0 Å². The van der Waals surface area contributed by atoms with E-state index in [-0.39, 0.29) is 0 Å². The Morgan fingerprint density at radius 1 is 1.22 bits per heavy atom. The fourth-order valence-electron chi connectivity index (χ4n) is 1.67. The molecule has 0 saturated heterocycles. The standard InChI is InChI=1S/C16H25NO/c1-5-6-7-14(2)15-8-10-16(11-9-15)18-13-12-17(3)4/h8-11H,2,5-7,12-13H2,1,3-4H3. The molecule has 0 fully saturated rings. The largest absolute Gasteiger partial charge is 0.492 e. The molecule has 0 heterocycles. The van der Waals surface area contributed by atoms with Gasteiger partial charge in [-0.05, 0) is 50.2 Å². The third kappa shape index (κ3) is 5.37. The molecule has 0 saturated carbocycles. The molecule has 0 atom stereocenters. The summed E-state index contributed by atoms with van der Waals surface area (Å²) >= 11 is 0. The monoisotopic (exact) mass is 247 g/mol. The van der Waals surface area contributed by atoms with Crippen LogP contribution in [0.1, 0.15) is 31.7 Å². The van der Waals surface area contributed by atoms with E-state index in [2.05, 4.69) is 30.5 Å². The molecular weight excluding hydrogens is 222 g/mol. The minimum atomic E-state index is 0.725. The second-order valence-corrected chi connectivity index (χ2v) is 4.88. The molecule has 1 rings (SSSR count). The van der Waals surface area contributed by atoms with Gasteiger partial charge in [0.1, 0.15) is 12.4 Å². The number of hydrogen-bond acceptors (Lipinski definition) is 2. The molecule has 0 spiro atoms. The number of rotatable bonds is 8. The quantitative estimate of drug-likeness (QED) is 0.692. The molecule has 0 N–H and O–H groups in total. The predicted octanol–water partition coefficient (Wildman–Crippen LogP) is 3.83. The number of benzene rings is 1. The summed E-state index contributed by atoms with van der Waals surface area (Å²) in [6.07, 6.45) is 3.50. The summed E-state index contributed by atoms with van der Waals surface area (Å²) in [5.74, 6) is 0.934. The van der Waals surface area contributed by atoms with Gasteiger partial charge in [-0.3, -0.25) is 0 Å². The first-order valence-corrected chi connectivity index (χ1v) is 6.69. The Morgan fingerprint density at radius 3 is 2.44 bits per heavy atom. The number of unbranched alkanes of at least 4 members (excludes halogenated alkanes) is 1. The molecule has 0 aliphatic carbocycles. The maximum atomic E-state index is 5.66. The lowest BCUT2D eigenvalue weighted by Gasteiger charge is -2.11. The van der Waals surface area contributed by atoms with E-state index in [0.29, 0.717) is 0 Å². The van der Waals surface area contributed by atoms with Crippen molar-refractivity contribution in [2.45, 2.75) is 26.2 Å². The predicted molar refractivity (Wildman–Crippen MR) is 79.1 cm³/mol. The summed E-state index contributed by atoms with van der Waals surface area (Å²) in [6, 6.07) is 8.26. The maximum Gasteiger partial charge on any atom is 0.119 e. The Labute approximate surface area is 111 Å². The first-order chi connectivity index (χ1) is 8.63. The van der Waals surface area contributed by atoms with Crippen molar-refractivity contribution < 1.29 is 4.74 Å². The Bertz CT molecular complexity index is 354. The molecule has 2 heteroatoms. The lowest BCUT2D eigenvalue weighted by atomic mass is 10.0. The van der Waals surface area contributed by atoms with Crippen molar-refractivity contribution in [3.8, 4) is 5.75 Å². The molecule has 2 nitrogen and oxygen atoms in total. The second kappa shape index (κ2) is 7.93. The minimum Gasteiger partial charge on any atom is -0.492 e. The van der Waals surface area contributed by atoms with Crippen molar-refractivity contribution in [3.05, 3.63) is 36.4 Å². The number of likely N-dealkylation sites (N-methyl/N-ethyl adjacent to an activating group) is 1. The lowest BCUT2D eigenvalue weighted by Crippen LogP contribution is -2.19. The Hall–Kier alpha value is -1.28. The van der Waals surface area contributed by atoms with Gasteiger partial charge >= 0.3 is 0 Å². The summed E-state index contributed by atoms with van der Waals surface area (Å²) in [5.41, 5.74) is 2.44. The smallest absolute Gasteiger partial charge is 0.119 e. The van der Waals surface area contributed by atoms with Gasteiger partial charge in [0.05, 0.1) is 0 Å². The molecule has 1 aromatic rings. The normalized spacial score (nSPS) is 10.7. The Morgan fingerprint density at radius 2 is 1.89 bits per heavy atom. The SMILES string of the molecule is C=C(CCCC)c1ccc(OCCN(C)C)cc1. The van der Waals surface area contributed by atoms with Gasteiger partial charge < -0.3 is 9.64 Å². The molecule has 0 unspecified atom stereocenters. The zero-order chi connectivity index (χ0) is 13.4. The van der Waals surface area contributed by atoms with E-state index in [1.807, 2.05) is 26.2 Å². The van der Waals surface area contributed by atoms with E-state index in [0.717, 1.165) is 25.3 Å². The number of allylic oxidation sites excluding steroid dienone is 1. The third-order valence-corrected chi connectivity index (χ3v) is 2.90. The first-order valence-electron chi connectivity index (χ1n) is 6.69. The Balaban J connectivity index is 2.44. The van der Waals surface area contributed by atoms with E-state index >= 15 is 0 Å². The van der Waals surface area contributed by atoms with E-state index in [9.17, 15) is 0 Å². The van der Waals surface area contributed by atoms with Crippen LogP contribution in [0.5, 0.6) is 5.75 Å². The zero-order valence-corrected chi connectivity index (χ0v) is 11.9. The molecule has 0 radical (unpaired) electrons. The number of hydrogen-bond donors (Lipinski definition) is 0. The maximum absolute atomic E-state index is 5.66. The van der Waals surface area contributed by atoms with Crippen molar-refractivity contribution in [1.29, 1.82) is 0 Å². The number of nitrogens with zero attached hydrogens (tertiary/aromatic N) is 1. The zero-order valence-electron chi connectivity index (χ0n) is 11.9. The summed E-state index contributed by atoms with van der Waals surface area (Å²) in [6.45, 7) is 7.99. The van der Waals surface area contributed by atoms with Crippen molar-refractivity contribution >= 4 is 5.57 Å². The van der Waals surface area contributed by atoms with Crippen LogP contribution in [-0.4, -0.2) is 32.1 Å². The Kier molecular flexibility index (Phi) is 6.51. The van der Waals surface area contributed by atoms with Gasteiger partial charge in [-0.2, -0.15) is 0 Å². The highest BCUT2D eigenvalue weighted by Gasteiger charge is 2.00. The van der Waals surface area contributed by atoms with E-state index in [4.69, 9.17) is 4.74 Å². The van der Waals surface area contributed by atoms with Crippen LogP contribution in [-0.2, 0) is 0 Å². The molecule has 0 aliphatic rings. The van der Waals surface area contributed by atoms with Gasteiger partial charge in [-0.1, -0.05) is 32.1 Å². The highest BCUT2D eigenvalue weighted by molar-refractivity contribution is 5.63. The van der Waals surface area contributed by atoms with E-state index in [1.165, 1.54) is 24.0 Å². The van der Waals surface area contributed by atoms with Crippen molar-refractivity contribution in [2.24, 2.45) is 0 Å². The third-order valence-electron chi connectivity index (χ3n) is 2.90. The van der Waals surface area contributed by atoms with Crippen LogP contribution < -0.4 is 4.74 Å². The molecule has 0 amide bonds. The average Bonchev–Trinajstić information content (AvgIpc) is 2.36. The second-order valence-electron chi connectivity index (χ2n) is 4.88. The molecule has 100 valence electrons. The van der Waals surface area contributed by atoms with Crippen molar-refractivity contribution in [2.75, 3.05) is 27.2 Å². The highest BCUT2D eigenvalue weighted by atomic mass is 16.5. The van der Waals surface area contributed by atoms with Crippen molar-refractivity contribution in [1.82, 2.24) is 4.90 Å². The van der Waals surface area contributed by atoms with Crippen LogP contribution in [0.25, 0.3) is 5.57 Å². The molecule has 18 heavy (non-hydrogen) atoms. The first kappa shape index (κ1) is 14.8. The van der Waals surface area contributed by atoms with Crippen LogP contribution >= 0.6 is 0 Å². The van der Waals surface area contributed by atoms with Gasteiger partial charge in [0, 0.05) is 6.54 Å². The molecule has 0 aliphatic heterocycles. The summed E-state index contributed by atoms with van der Waals surface area (Å²) in [5, 5.41) is 0. The summed E-state index contributed by atoms with van der Waals surface area (Å²) < 4.78 is 5.66. The van der Waals surface area contributed by atoms with Crippen molar-refractivity contribution in [3.63, 3.8) is 0 Å². The van der Waals surface area contributed by atoms with Gasteiger partial charge in [0.15, 0.2) is 0 Å². The van der Waals surface area contributed by atoms with Gasteiger partial charge in [-0.25, -0.2) is 0 Å². The van der Waals surface area contributed by atoms with E-state index in [1.54, 1.807) is 0 Å². The van der Waals surface area contributed by atoms with Gasteiger partial charge in [0.2, 0.25) is 0 Å². The minimum absolute atomic E-state index is 0.725. The highest BCUT2D eigenvalue weighted by Crippen LogP contribution is 2.21. The fraction of sp³-hybridized carbons (Fsp3) is 0.500. The summed E-state index contributed by atoms with van der Waals surface area (Å²) in [4.78, 5) is 2.11. The lowest BCUT2D eigenvalue weighted by molar-refractivity contribution is 0.261. The summed E-state index contributed by atoms with van der Waals surface area (Å²) in [7, 11) is 4.09. The molecule has 0 aromatic heterocycles. The fourth-order valence-corrected chi connectivity index (χ4v) is 1.67. The molecular formula is C16H25NO. The molecule has 0 bridgehead atoms. The average molecular weight is 247 g/mol. The van der Waals surface area contributed by atoms with Gasteiger partial charge in [0.25, 0.3) is 0 Å². The topological polar surface area (TPSA) is 12.5 Å². The number of ether oxygens (including phenoxy) is 1. The van der Waals surface area contributed by atoms with E-state index < -0.39 is 0 Å². The van der Waals surface area contributed by atoms with Crippen LogP contribution in [0.3, 0.4) is 0 Å². The van der Waals surface area contributed by atoms with Crippen LogP contribution in [0.15, 0.2) is 30.8 Å². The van der Waals surface area contributed by atoms with Crippen LogP contribution in [0, 0.1) is 0 Å². The van der Waals surface area contributed by atoms with Crippen LogP contribution in [0.2, 0.25) is 0 Å².